The average molecular weight is 655 g/mol. The van der Waals surface area contributed by atoms with Crippen LogP contribution in [0.25, 0.3) is 0 Å². The minimum Gasteiger partial charge on any atom is -0.444 e. The van der Waals surface area contributed by atoms with Crippen LogP contribution in [0.3, 0.4) is 0 Å². The van der Waals surface area contributed by atoms with E-state index in [9.17, 15) is 22.8 Å². The van der Waals surface area contributed by atoms with Crippen molar-refractivity contribution in [2.45, 2.75) is 83.6 Å². The Bertz CT molecular complexity index is 1130. The van der Waals surface area contributed by atoms with Gasteiger partial charge < -0.3 is 24.5 Å². The minimum atomic E-state index is -4.52. The topological polar surface area (TPSA) is 98.8 Å². The smallest absolute Gasteiger partial charge is 0.416 e. The Labute approximate surface area is 240 Å². The van der Waals surface area contributed by atoms with Crippen molar-refractivity contribution in [2.24, 2.45) is 0 Å². The van der Waals surface area contributed by atoms with Gasteiger partial charge in [0.05, 0.1) is 27.7 Å². The number of nitrogens with one attached hydrogen (secondary N) is 2. The SMILES string of the molecule is CC(C)(C)OC(=O)N[C@H](CNC(=O)Oc1ncc(Br)s1)[C@@H](O[Si](C)(C)C(C)(C)C)c1ccc(C(F)(F)F)cc1. The maximum atomic E-state index is 13.3. The van der Waals surface area contributed by atoms with Crippen LogP contribution in [0, 0.1) is 0 Å². The van der Waals surface area contributed by atoms with Crippen molar-refractivity contribution in [3.63, 3.8) is 0 Å². The fourth-order valence-electron chi connectivity index (χ4n) is 3.03. The number of aromatic nitrogens is 1. The zero-order chi connectivity index (χ0) is 29.8. The summed E-state index contributed by atoms with van der Waals surface area (Å²) in [4.78, 5) is 29.3. The van der Waals surface area contributed by atoms with Crippen LogP contribution >= 0.6 is 27.3 Å². The van der Waals surface area contributed by atoms with E-state index in [2.05, 4.69) is 31.5 Å². The van der Waals surface area contributed by atoms with E-state index >= 15 is 0 Å². The van der Waals surface area contributed by atoms with Crippen LogP contribution in [0.1, 0.15) is 58.8 Å². The highest BCUT2D eigenvalue weighted by atomic mass is 79.9. The van der Waals surface area contributed by atoms with Crippen LogP contribution in [0.4, 0.5) is 22.8 Å². The molecule has 0 saturated heterocycles. The molecule has 0 spiro atoms. The van der Waals surface area contributed by atoms with E-state index in [1.807, 2.05) is 33.9 Å². The van der Waals surface area contributed by atoms with Gasteiger partial charge in [-0.05, 0) is 72.5 Å². The first kappa shape index (κ1) is 33.0. The highest BCUT2D eigenvalue weighted by Gasteiger charge is 2.42. The first-order chi connectivity index (χ1) is 17.7. The predicted molar refractivity (Wildman–Crippen MR) is 149 cm³/mol. The number of ether oxygens (including phenoxy) is 2. The number of amides is 2. The molecule has 2 N–H and O–H groups in total. The number of hydrogen-bond donors (Lipinski definition) is 2. The average Bonchev–Trinajstić information content (AvgIpc) is 3.17. The number of alkyl halides is 3. The third-order valence-corrected chi connectivity index (χ3v) is 11.8. The van der Waals surface area contributed by atoms with Gasteiger partial charge in [0.25, 0.3) is 5.19 Å². The molecule has 0 radical (unpaired) electrons. The van der Waals surface area contributed by atoms with E-state index in [1.54, 1.807) is 20.8 Å². The fourth-order valence-corrected chi connectivity index (χ4v) is 5.33. The number of benzene rings is 1. The van der Waals surface area contributed by atoms with Crippen molar-refractivity contribution in [3.05, 3.63) is 45.4 Å². The molecule has 218 valence electrons. The van der Waals surface area contributed by atoms with Crippen LogP contribution in [0.2, 0.25) is 18.1 Å². The molecule has 0 aliphatic carbocycles. The summed E-state index contributed by atoms with van der Waals surface area (Å²) in [6.45, 7) is 14.9. The Morgan fingerprint density at radius 2 is 1.64 bits per heavy atom. The van der Waals surface area contributed by atoms with Crippen LogP contribution in [0.5, 0.6) is 5.19 Å². The molecule has 8 nitrogen and oxygen atoms in total. The van der Waals surface area contributed by atoms with Crippen LogP contribution < -0.4 is 15.4 Å². The van der Waals surface area contributed by atoms with Crippen LogP contribution in [0.15, 0.2) is 34.2 Å². The van der Waals surface area contributed by atoms with Gasteiger partial charge in [0.15, 0.2) is 8.32 Å². The van der Waals surface area contributed by atoms with E-state index < -0.39 is 50.0 Å². The van der Waals surface area contributed by atoms with E-state index in [0.717, 1.165) is 23.5 Å². The number of rotatable bonds is 8. The molecule has 2 atom stereocenters. The summed E-state index contributed by atoms with van der Waals surface area (Å²) in [6, 6.07) is 3.63. The van der Waals surface area contributed by atoms with Gasteiger partial charge >= 0.3 is 18.4 Å². The monoisotopic (exact) mass is 653 g/mol. The zero-order valence-electron chi connectivity index (χ0n) is 23.2. The zero-order valence-corrected chi connectivity index (χ0v) is 26.6. The van der Waals surface area contributed by atoms with Crippen molar-refractivity contribution >= 4 is 47.8 Å². The first-order valence-electron chi connectivity index (χ1n) is 12.1. The van der Waals surface area contributed by atoms with Gasteiger partial charge in [-0.2, -0.15) is 13.2 Å². The maximum Gasteiger partial charge on any atom is 0.416 e. The molecule has 1 heterocycles. The second kappa shape index (κ2) is 12.6. The van der Waals surface area contributed by atoms with E-state index in [0.29, 0.717) is 9.35 Å². The van der Waals surface area contributed by atoms with Gasteiger partial charge in [-0.25, -0.2) is 14.6 Å². The number of nitrogens with zero attached hydrogens (tertiary/aromatic N) is 1. The van der Waals surface area contributed by atoms with Crippen molar-refractivity contribution in [1.82, 2.24) is 15.6 Å². The quantitative estimate of drug-likeness (QED) is 0.284. The molecule has 0 bridgehead atoms. The lowest BCUT2D eigenvalue weighted by Crippen LogP contribution is -2.52. The molecule has 39 heavy (non-hydrogen) atoms. The van der Waals surface area contributed by atoms with Gasteiger partial charge in [-0.1, -0.05) is 44.2 Å². The van der Waals surface area contributed by atoms with Gasteiger partial charge in [0.1, 0.15) is 5.60 Å². The van der Waals surface area contributed by atoms with E-state index in [1.165, 1.54) is 18.3 Å². The first-order valence-corrected chi connectivity index (χ1v) is 16.6. The Balaban J connectivity index is 2.44. The standard InChI is InChI=1S/C25H35BrF3N3O5SSi/c1-23(2,3)36-21(34)32-17(13-30-20(33)35-22-31-14-18(26)38-22)19(37-39(7,8)24(4,5)6)15-9-11-16(12-10-15)25(27,28)29/h9-12,14,17,19H,13H2,1-8H3,(H,30,33)(H,32,34)/t17-,19+/m1/s1. The van der Waals surface area contributed by atoms with E-state index in [-0.39, 0.29) is 16.8 Å². The van der Waals surface area contributed by atoms with Crippen molar-refractivity contribution in [1.29, 1.82) is 0 Å². The highest BCUT2D eigenvalue weighted by Crippen LogP contribution is 2.41. The summed E-state index contributed by atoms with van der Waals surface area (Å²) < 4.78 is 57.7. The lowest BCUT2D eigenvalue weighted by atomic mass is 10.0. The second-order valence-corrected chi connectivity index (χ2v) is 18.5. The summed E-state index contributed by atoms with van der Waals surface area (Å²) in [7, 11) is -2.55. The highest BCUT2D eigenvalue weighted by molar-refractivity contribution is 9.11. The van der Waals surface area contributed by atoms with Gasteiger partial charge in [-0.3, -0.25) is 0 Å². The largest absolute Gasteiger partial charge is 0.444 e. The molecule has 2 aromatic rings. The normalized spacial score (nSPS) is 14.4. The molecule has 2 amide bonds. The molecular formula is C25H35BrF3N3O5SSi. The molecule has 0 aliphatic heterocycles. The number of thiazole rings is 1. The molecule has 0 unspecified atom stereocenters. The molecule has 1 aromatic carbocycles. The van der Waals surface area contributed by atoms with Crippen LogP contribution in [-0.4, -0.2) is 43.7 Å². The molecule has 0 fully saturated rings. The fraction of sp³-hybridized carbons (Fsp3) is 0.560. The minimum absolute atomic E-state index is 0.104. The number of alkyl carbamates (subject to hydrolysis) is 1. The summed E-state index contributed by atoms with van der Waals surface area (Å²) in [5.74, 6) is 0. The summed E-state index contributed by atoms with van der Waals surface area (Å²) in [5, 5.41) is 5.17. The Morgan fingerprint density at radius 1 is 1.05 bits per heavy atom. The van der Waals surface area contributed by atoms with Crippen molar-refractivity contribution < 1.29 is 36.7 Å². The van der Waals surface area contributed by atoms with Crippen molar-refractivity contribution in [3.8, 4) is 5.19 Å². The summed E-state index contributed by atoms with van der Waals surface area (Å²) in [5.41, 5.74) is -1.23. The molecule has 14 heteroatoms. The number of carbonyl (C=O) groups is 2. The maximum absolute atomic E-state index is 13.3. The third kappa shape index (κ3) is 10.4. The Hall–Kier alpha value is -2.16. The predicted octanol–water partition coefficient (Wildman–Crippen LogP) is 7.67. The lowest BCUT2D eigenvalue weighted by Gasteiger charge is -2.42. The third-order valence-electron chi connectivity index (χ3n) is 5.96. The van der Waals surface area contributed by atoms with Crippen molar-refractivity contribution in [2.75, 3.05) is 6.54 Å². The second-order valence-electron chi connectivity index (χ2n) is 11.4. The molecule has 2 rings (SSSR count). The molecule has 0 aliphatic rings. The van der Waals surface area contributed by atoms with Gasteiger partial charge in [0, 0.05) is 6.54 Å². The number of hydrogen-bond acceptors (Lipinski definition) is 7. The molecule has 1 aromatic heterocycles. The Morgan fingerprint density at radius 3 is 2.10 bits per heavy atom. The summed E-state index contributed by atoms with van der Waals surface area (Å²) >= 11 is 4.35. The van der Waals surface area contributed by atoms with E-state index in [4.69, 9.17) is 13.9 Å². The van der Waals surface area contributed by atoms with Gasteiger partial charge in [-0.15, -0.1) is 0 Å². The lowest BCUT2D eigenvalue weighted by molar-refractivity contribution is -0.137. The molecular weight excluding hydrogens is 619 g/mol. The Kier molecular flexibility index (Phi) is 10.6. The number of carbonyl (C=O) groups excluding carboxylic acids is 2. The van der Waals surface area contributed by atoms with Gasteiger partial charge in [0.2, 0.25) is 0 Å². The molecule has 0 saturated carbocycles. The summed E-state index contributed by atoms with van der Waals surface area (Å²) in [6.07, 6.45) is -5.56. The van der Waals surface area contributed by atoms with Crippen LogP contribution in [-0.2, 0) is 15.3 Å². The number of halogens is 4.